The Morgan fingerprint density at radius 1 is 1.12 bits per heavy atom. The SMILES string of the molecule is CNc1ncc(C(=O)N2CC[C@@]3(C(=O)Nc4ccccc43)[C@@H]2CCc2ccccc2)cn1. The molecule has 2 aliphatic heterocycles. The molecule has 7 heteroatoms. The molecule has 1 fully saturated rings. The van der Waals surface area contributed by atoms with Crippen molar-refractivity contribution < 1.29 is 9.59 Å². The van der Waals surface area contributed by atoms with E-state index in [4.69, 9.17) is 0 Å². The molecule has 1 aromatic heterocycles. The molecule has 1 spiro atoms. The number of benzene rings is 2. The summed E-state index contributed by atoms with van der Waals surface area (Å²) in [5.41, 5.74) is 2.71. The van der Waals surface area contributed by atoms with Crippen LogP contribution in [0.3, 0.4) is 0 Å². The second kappa shape index (κ2) is 8.07. The fraction of sp³-hybridized carbons (Fsp3) is 0.280. The largest absolute Gasteiger partial charge is 0.357 e. The minimum atomic E-state index is -0.743. The fourth-order valence-electron chi connectivity index (χ4n) is 5.13. The molecule has 2 N–H and O–H groups in total. The maximum Gasteiger partial charge on any atom is 0.257 e. The average molecular weight is 428 g/mol. The molecular formula is C25H25N5O2. The van der Waals surface area contributed by atoms with Gasteiger partial charge in [0.05, 0.1) is 17.0 Å². The van der Waals surface area contributed by atoms with E-state index in [1.54, 1.807) is 19.4 Å². The zero-order chi connectivity index (χ0) is 22.1. The molecular weight excluding hydrogens is 402 g/mol. The van der Waals surface area contributed by atoms with E-state index in [-0.39, 0.29) is 17.9 Å². The number of nitrogens with zero attached hydrogens (tertiary/aromatic N) is 3. The van der Waals surface area contributed by atoms with Gasteiger partial charge in [-0.3, -0.25) is 9.59 Å². The van der Waals surface area contributed by atoms with Crippen molar-refractivity contribution in [3.05, 3.63) is 83.7 Å². The molecule has 0 unspecified atom stereocenters. The lowest BCUT2D eigenvalue weighted by Crippen LogP contribution is -2.49. The van der Waals surface area contributed by atoms with Crippen LogP contribution in [0.2, 0.25) is 0 Å². The fourth-order valence-corrected chi connectivity index (χ4v) is 5.13. The second-order valence-electron chi connectivity index (χ2n) is 8.31. The number of nitrogens with one attached hydrogen (secondary N) is 2. The molecule has 0 bridgehead atoms. The summed E-state index contributed by atoms with van der Waals surface area (Å²) in [5.74, 6) is 0.304. The summed E-state index contributed by atoms with van der Waals surface area (Å²) in [4.78, 5) is 37.2. The summed E-state index contributed by atoms with van der Waals surface area (Å²) >= 11 is 0. The third-order valence-corrected chi connectivity index (χ3v) is 6.69. The smallest absolute Gasteiger partial charge is 0.257 e. The van der Waals surface area contributed by atoms with Gasteiger partial charge >= 0.3 is 0 Å². The minimum absolute atomic E-state index is 0.0196. The van der Waals surface area contributed by atoms with Crippen molar-refractivity contribution in [2.45, 2.75) is 30.7 Å². The highest BCUT2D eigenvalue weighted by molar-refractivity contribution is 6.08. The molecule has 2 atom stereocenters. The van der Waals surface area contributed by atoms with E-state index in [1.807, 2.05) is 47.4 Å². The van der Waals surface area contributed by atoms with Gasteiger partial charge < -0.3 is 15.5 Å². The summed E-state index contributed by atoms with van der Waals surface area (Å²) in [6.07, 6.45) is 5.15. The molecule has 0 radical (unpaired) electrons. The molecule has 32 heavy (non-hydrogen) atoms. The van der Waals surface area contributed by atoms with E-state index in [1.165, 1.54) is 5.56 Å². The third kappa shape index (κ3) is 3.21. The van der Waals surface area contributed by atoms with Crippen LogP contribution < -0.4 is 10.6 Å². The van der Waals surface area contributed by atoms with E-state index < -0.39 is 5.41 Å². The van der Waals surface area contributed by atoms with Crippen molar-refractivity contribution in [3.63, 3.8) is 0 Å². The van der Waals surface area contributed by atoms with Crippen molar-refractivity contribution in [1.82, 2.24) is 14.9 Å². The summed E-state index contributed by atoms with van der Waals surface area (Å²) < 4.78 is 0. The van der Waals surface area contributed by atoms with Gasteiger partial charge in [0.15, 0.2) is 0 Å². The average Bonchev–Trinajstić information content (AvgIpc) is 3.36. The molecule has 162 valence electrons. The number of likely N-dealkylation sites (tertiary alicyclic amines) is 1. The molecule has 7 nitrogen and oxygen atoms in total. The molecule has 0 aliphatic carbocycles. The van der Waals surface area contributed by atoms with Crippen molar-refractivity contribution >= 4 is 23.5 Å². The Morgan fingerprint density at radius 3 is 2.59 bits per heavy atom. The van der Waals surface area contributed by atoms with Crippen LogP contribution in [0.4, 0.5) is 11.6 Å². The van der Waals surface area contributed by atoms with Crippen LogP contribution >= 0.6 is 0 Å². The van der Waals surface area contributed by atoms with E-state index in [0.717, 1.165) is 17.7 Å². The number of hydrogen-bond donors (Lipinski definition) is 2. The number of para-hydroxylation sites is 1. The van der Waals surface area contributed by atoms with Crippen molar-refractivity contribution in [2.75, 3.05) is 24.2 Å². The number of rotatable bonds is 5. The van der Waals surface area contributed by atoms with Crippen molar-refractivity contribution in [1.29, 1.82) is 0 Å². The van der Waals surface area contributed by atoms with Crippen LogP contribution in [-0.2, 0) is 16.6 Å². The van der Waals surface area contributed by atoms with E-state index in [9.17, 15) is 9.59 Å². The first kappa shape index (κ1) is 20.2. The van der Waals surface area contributed by atoms with Gasteiger partial charge in [-0.1, -0.05) is 48.5 Å². The predicted octanol–water partition coefficient (Wildman–Crippen LogP) is 3.26. The van der Waals surface area contributed by atoms with Crippen LogP contribution in [0.1, 0.15) is 34.3 Å². The molecule has 3 aromatic rings. The van der Waals surface area contributed by atoms with Gasteiger partial charge in [0, 0.05) is 31.7 Å². The first-order chi connectivity index (χ1) is 15.6. The first-order valence-electron chi connectivity index (χ1n) is 10.9. The molecule has 3 heterocycles. The number of aryl methyl sites for hydroxylation is 1. The molecule has 1 saturated heterocycles. The number of anilines is 2. The summed E-state index contributed by atoms with van der Waals surface area (Å²) in [6.45, 7) is 0.508. The second-order valence-corrected chi connectivity index (χ2v) is 8.31. The predicted molar refractivity (Wildman–Crippen MR) is 123 cm³/mol. The van der Waals surface area contributed by atoms with Gasteiger partial charge in [-0.15, -0.1) is 0 Å². The summed E-state index contributed by atoms with van der Waals surface area (Å²) in [7, 11) is 1.73. The van der Waals surface area contributed by atoms with Gasteiger partial charge in [0.25, 0.3) is 5.91 Å². The minimum Gasteiger partial charge on any atom is -0.357 e. The Hall–Kier alpha value is -3.74. The van der Waals surface area contributed by atoms with Crippen LogP contribution in [0.25, 0.3) is 0 Å². The normalized spacial score (nSPS) is 21.5. The lowest BCUT2D eigenvalue weighted by Gasteiger charge is -2.34. The van der Waals surface area contributed by atoms with Gasteiger partial charge in [-0.25, -0.2) is 9.97 Å². The number of carbonyl (C=O) groups excluding carboxylic acids is 2. The summed E-state index contributed by atoms with van der Waals surface area (Å²) in [5, 5.41) is 5.93. The monoisotopic (exact) mass is 427 g/mol. The number of amides is 2. The molecule has 0 saturated carbocycles. The van der Waals surface area contributed by atoms with Gasteiger partial charge in [0.1, 0.15) is 0 Å². The van der Waals surface area contributed by atoms with Crippen molar-refractivity contribution in [2.24, 2.45) is 0 Å². The standard InChI is InChI=1S/C25H25N5O2/c1-26-24-27-15-18(16-28-24)22(31)30-14-13-25(19-9-5-6-10-20(19)29-23(25)32)21(30)12-11-17-7-3-2-4-8-17/h2-10,15-16,21H,11-14H2,1H3,(H,29,32)(H,26,27,28)/t21-,25-/m0/s1. The lowest BCUT2D eigenvalue weighted by molar-refractivity contribution is -0.121. The highest BCUT2D eigenvalue weighted by Crippen LogP contribution is 2.49. The zero-order valence-electron chi connectivity index (χ0n) is 17.9. The Bertz CT molecular complexity index is 1150. The first-order valence-corrected chi connectivity index (χ1v) is 10.9. The lowest BCUT2D eigenvalue weighted by atomic mass is 9.73. The van der Waals surface area contributed by atoms with E-state index in [2.05, 4.69) is 32.7 Å². The topological polar surface area (TPSA) is 87.2 Å². The Balaban J connectivity index is 1.52. The quantitative estimate of drug-likeness (QED) is 0.653. The highest BCUT2D eigenvalue weighted by Gasteiger charge is 2.58. The number of carbonyl (C=O) groups is 2. The summed E-state index contributed by atoms with van der Waals surface area (Å²) in [6, 6.07) is 17.8. The van der Waals surface area contributed by atoms with Gasteiger partial charge in [-0.2, -0.15) is 0 Å². The molecule has 2 amide bonds. The Kier molecular flexibility index (Phi) is 5.09. The maximum absolute atomic E-state index is 13.5. The van der Waals surface area contributed by atoms with E-state index in [0.29, 0.717) is 30.9 Å². The van der Waals surface area contributed by atoms with Crippen LogP contribution in [0.15, 0.2) is 67.0 Å². The van der Waals surface area contributed by atoms with Crippen LogP contribution in [-0.4, -0.2) is 46.3 Å². The third-order valence-electron chi connectivity index (χ3n) is 6.69. The van der Waals surface area contributed by atoms with Gasteiger partial charge in [0.2, 0.25) is 11.9 Å². The van der Waals surface area contributed by atoms with Crippen LogP contribution in [0.5, 0.6) is 0 Å². The molecule has 2 aromatic carbocycles. The highest BCUT2D eigenvalue weighted by atomic mass is 16.2. The Labute approximate surface area is 186 Å². The molecule has 2 aliphatic rings. The number of fused-ring (bicyclic) bond motifs is 2. The van der Waals surface area contributed by atoms with Crippen molar-refractivity contribution in [3.8, 4) is 0 Å². The number of aromatic nitrogens is 2. The maximum atomic E-state index is 13.5. The van der Waals surface area contributed by atoms with E-state index >= 15 is 0 Å². The Morgan fingerprint density at radius 2 is 1.84 bits per heavy atom. The zero-order valence-corrected chi connectivity index (χ0v) is 17.9. The van der Waals surface area contributed by atoms with Crippen LogP contribution in [0, 0.1) is 0 Å². The number of hydrogen-bond acceptors (Lipinski definition) is 5. The van der Waals surface area contributed by atoms with Gasteiger partial charge in [-0.05, 0) is 36.5 Å². The molecule has 5 rings (SSSR count).